The van der Waals surface area contributed by atoms with Crippen molar-refractivity contribution >= 4 is 17.2 Å². The zero-order valence-electron chi connectivity index (χ0n) is 17.6. The Morgan fingerprint density at radius 2 is 1.48 bits per heavy atom. The van der Waals surface area contributed by atoms with Gasteiger partial charge in [-0.25, -0.2) is 0 Å². The number of thiophene rings is 1. The van der Waals surface area contributed by atoms with Gasteiger partial charge in [-0.15, -0.1) is 11.3 Å². The molecule has 3 aromatic carbocycles. The van der Waals surface area contributed by atoms with Crippen molar-refractivity contribution in [2.45, 2.75) is 32.4 Å². The molecule has 0 N–H and O–H groups in total. The molecule has 1 amide bonds. The quantitative estimate of drug-likeness (QED) is 0.357. The standard InChI is InChI=1S/C28H25NOS/c1-20-15-16-27(31-20)25-13-7-8-14-26(25)28(30)29(19-21-9-3-2-4-10-21)24-17-22-11-5-6-12-23(22)18-24/h2-16,24H,17-19H2,1H3. The van der Waals surface area contributed by atoms with E-state index in [4.69, 9.17) is 0 Å². The van der Waals surface area contributed by atoms with E-state index in [1.54, 1.807) is 11.3 Å². The van der Waals surface area contributed by atoms with Gasteiger partial charge in [0.2, 0.25) is 0 Å². The number of amides is 1. The summed E-state index contributed by atoms with van der Waals surface area (Å²) in [6, 6.07) is 31.4. The second-order valence-electron chi connectivity index (χ2n) is 8.21. The highest BCUT2D eigenvalue weighted by Gasteiger charge is 2.31. The molecule has 0 unspecified atom stereocenters. The Morgan fingerprint density at radius 1 is 0.839 bits per heavy atom. The maximum Gasteiger partial charge on any atom is 0.255 e. The summed E-state index contributed by atoms with van der Waals surface area (Å²) >= 11 is 1.74. The molecule has 0 aliphatic heterocycles. The van der Waals surface area contributed by atoms with Gasteiger partial charge < -0.3 is 4.90 Å². The Bertz CT molecular complexity index is 1190. The highest BCUT2D eigenvalue weighted by atomic mass is 32.1. The van der Waals surface area contributed by atoms with Crippen LogP contribution in [0.1, 0.15) is 31.9 Å². The van der Waals surface area contributed by atoms with Crippen LogP contribution in [0.2, 0.25) is 0 Å². The molecular weight excluding hydrogens is 398 g/mol. The first-order valence-electron chi connectivity index (χ1n) is 10.8. The van der Waals surface area contributed by atoms with Gasteiger partial charge in [0.15, 0.2) is 0 Å². The maximum atomic E-state index is 14.0. The lowest BCUT2D eigenvalue weighted by atomic mass is 10.0. The summed E-state index contributed by atoms with van der Waals surface area (Å²) < 4.78 is 0. The van der Waals surface area contributed by atoms with Crippen LogP contribution in [0.25, 0.3) is 10.4 Å². The van der Waals surface area contributed by atoms with Gasteiger partial charge >= 0.3 is 0 Å². The molecule has 1 heterocycles. The molecule has 0 radical (unpaired) electrons. The van der Waals surface area contributed by atoms with E-state index < -0.39 is 0 Å². The number of fused-ring (bicyclic) bond motifs is 1. The predicted octanol–water partition coefficient (Wildman–Crippen LogP) is 6.53. The van der Waals surface area contributed by atoms with E-state index >= 15 is 0 Å². The third-order valence-electron chi connectivity index (χ3n) is 6.09. The van der Waals surface area contributed by atoms with E-state index in [1.807, 2.05) is 36.4 Å². The van der Waals surface area contributed by atoms with Crippen molar-refractivity contribution < 1.29 is 4.79 Å². The highest BCUT2D eigenvalue weighted by Crippen LogP contribution is 2.33. The fourth-order valence-corrected chi connectivity index (χ4v) is 5.43. The third-order valence-corrected chi connectivity index (χ3v) is 7.12. The zero-order chi connectivity index (χ0) is 21.2. The Balaban J connectivity index is 1.52. The van der Waals surface area contributed by atoms with E-state index in [-0.39, 0.29) is 11.9 Å². The molecule has 0 bridgehead atoms. The summed E-state index contributed by atoms with van der Waals surface area (Å²) in [6.07, 6.45) is 1.82. The van der Waals surface area contributed by atoms with Gasteiger partial charge in [-0.1, -0.05) is 72.8 Å². The van der Waals surface area contributed by atoms with Crippen molar-refractivity contribution in [3.05, 3.63) is 118 Å². The Kier molecular flexibility index (Phi) is 5.44. The van der Waals surface area contributed by atoms with Crippen molar-refractivity contribution in [3.63, 3.8) is 0 Å². The van der Waals surface area contributed by atoms with Gasteiger partial charge in [-0.05, 0) is 54.7 Å². The van der Waals surface area contributed by atoms with Gasteiger partial charge in [0.1, 0.15) is 0 Å². The molecule has 1 aliphatic carbocycles. The van der Waals surface area contributed by atoms with E-state index in [0.717, 1.165) is 34.4 Å². The van der Waals surface area contributed by atoms with E-state index in [1.165, 1.54) is 16.0 Å². The molecule has 31 heavy (non-hydrogen) atoms. The molecule has 1 aliphatic rings. The second kappa shape index (κ2) is 8.52. The van der Waals surface area contributed by atoms with Gasteiger partial charge in [0.25, 0.3) is 5.91 Å². The number of carbonyl (C=O) groups excluding carboxylic acids is 1. The highest BCUT2D eigenvalue weighted by molar-refractivity contribution is 7.15. The summed E-state index contributed by atoms with van der Waals surface area (Å²) in [5.74, 6) is 0.114. The number of carbonyl (C=O) groups is 1. The van der Waals surface area contributed by atoms with Crippen LogP contribution in [0.4, 0.5) is 0 Å². The molecular formula is C28H25NOS. The average molecular weight is 424 g/mol. The van der Waals surface area contributed by atoms with E-state index in [9.17, 15) is 4.79 Å². The maximum absolute atomic E-state index is 14.0. The van der Waals surface area contributed by atoms with Crippen molar-refractivity contribution in [1.29, 1.82) is 0 Å². The minimum Gasteiger partial charge on any atom is -0.331 e. The van der Waals surface area contributed by atoms with E-state index in [2.05, 4.69) is 66.4 Å². The lowest BCUT2D eigenvalue weighted by Crippen LogP contribution is -2.40. The van der Waals surface area contributed by atoms with E-state index in [0.29, 0.717) is 6.54 Å². The molecule has 4 aromatic rings. The molecule has 154 valence electrons. The van der Waals surface area contributed by atoms with Crippen LogP contribution in [0.15, 0.2) is 91.0 Å². The predicted molar refractivity (Wildman–Crippen MR) is 128 cm³/mol. The summed E-state index contributed by atoms with van der Waals surface area (Å²) in [7, 11) is 0. The van der Waals surface area contributed by atoms with Crippen LogP contribution in [0.3, 0.4) is 0 Å². The molecule has 0 fully saturated rings. The van der Waals surface area contributed by atoms with Crippen LogP contribution in [0.5, 0.6) is 0 Å². The molecule has 2 nitrogen and oxygen atoms in total. The van der Waals surface area contributed by atoms with Crippen molar-refractivity contribution in [2.24, 2.45) is 0 Å². The summed E-state index contributed by atoms with van der Waals surface area (Å²) in [5, 5.41) is 0. The van der Waals surface area contributed by atoms with Gasteiger partial charge in [-0.2, -0.15) is 0 Å². The van der Waals surface area contributed by atoms with Crippen molar-refractivity contribution in [2.75, 3.05) is 0 Å². The molecule has 3 heteroatoms. The Morgan fingerprint density at radius 3 is 2.16 bits per heavy atom. The molecule has 5 rings (SSSR count). The monoisotopic (exact) mass is 423 g/mol. The van der Waals surface area contributed by atoms with Gasteiger partial charge in [-0.3, -0.25) is 4.79 Å². The van der Waals surface area contributed by atoms with Crippen LogP contribution in [-0.4, -0.2) is 16.8 Å². The average Bonchev–Trinajstić information content (AvgIpc) is 3.44. The van der Waals surface area contributed by atoms with Crippen molar-refractivity contribution in [1.82, 2.24) is 4.90 Å². The Hall–Kier alpha value is -3.17. The third kappa shape index (κ3) is 4.06. The second-order valence-corrected chi connectivity index (χ2v) is 9.49. The van der Waals surface area contributed by atoms with Crippen LogP contribution >= 0.6 is 11.3 Å². The SMILES string of the molecule is Cc1ccc(-c2ccccc2C(=O)N(Cc2ccccc2)C2Cc3ccccc3C2)s1. The minimum atomic E-state index is 0.114. The fourth-order valence-electron chi connectivity index (χ4n) is 4.52. The molecule has 0 spiro atoms. The first-order valence-corrected chi connectivity index (χ1v) is 11.6. The smallest absolute Gasteiger partial charge is 0.255 e. The summed E-state index contributed by atoms with van der Waals surface area (Å²) in [5.41, 5.74) is 5.70. The topological polar surface area (TPSA) is 20.3 Å². The van der Waals surface area contributed by atoms with Gasteiger partial charge in [0, 0.05) is 33.5 Å². The normalized spacial score (nSPS) is 13.2. The molecule has 1 aromatic heterocycles. The number of rotatable bonds is 5. The van der Waals surface area contributed by atoms with Gasteiger partial charge in [0.05, 0.1) is 0 Å². The number of hydrogen-bond donors (Lipinski definition) is 0. The van der Waals surface area contributed by atoms with Crippen LogP contribution < -0.4 is 0 Å². The van der Waals surface area contributed by atoms with Crippen LogP contribution in [0, 0.1) is 6.92 Å². The van der Waals surface area contributed by atoms with Crippen LogP contribution in [-0.2, 0) is 19.4 Å². The zero-order valence-corrected chi connectivity index (χ0v) is 18.4. The number of benzene rings is 3. The first-order chi connectivity index (χ1) is 15.2. The summed E-state index contributed by atoms with van der Waals surface area (Å²) in [6.45, 7) is 2.73. The lowest BCUT2D eigenvalue weighted by molar-refractivity contribution is 0.0668. The lowest BCUT2D eigenvalue weighted by Gasteiger charge is -2.30. The first kappa shape index (κ1) is 19.8. The number of aryl methyl sites for hydroxylation is 1. The molecule has 0 saturated heterocycles. The molecule has 0 saturated carbocycles. The van der Waals surface area contributed by atoms with Crippen molar-refractivity contribution in [3.8, 4) is 10.4 Å². The molecule has 0 atom stereocenters. The minimum absolute atomic E-state index is 0.114. The summed E-state index contributed by atoms with van der Waals surface area (Å²) in [4.78, 5) is 18.5. The number of nitrogens with zero attached hydrogens (tertiary/aromatic N) is 1. The largest absolute Gasteiger partial charge is 0.331 e. The fraction of sp³-hybridized carbons (Fsp3) is 0.179. The Labute approximate surface area is 187 Å². The number of hydrogen-bond acceptors (Lipinski definition) is 2.